The lowest BCUT2D eigenvalue weighted by Gasteiger charge is -2.22. The summed E-state index contributed by atoms with van der Waals surface area (Å²) >= 11 is 20.4. The maximum atomic E-state index is 6.95. The minimum absolute atomic E-state index is 0.120. The topological polar surface area (TPSA) is 0 Å². The Morgan fingerprint density at radius 2 is 1.12 bits per heavy atom. The van der Waals surface area contributed by atoms with Crippen molar-refractivity contribution in [1.29, 1.82) is 0 Å². The van der Waals surface area contributed by atoms with Crippen LogP contribution in [0.1, 0.15) is 39.3 Å². The van der Waals surface area contributed by atoms with Gasteiger partial charge in [-0.25, -0.2) is 0 Å². The zero-order chi connectivity index (χ0) is 28.6. The molecule has 3 heteroatoms. The normalized spacial score (nSPS) is 13.8. The van der Waals surface area contributed by atoms with Crippen molar-refractivity contribution in [2.75, 3.05) is 0 Å². The molecule has 0 saturated heterocycles. The smallest absolute Gasteiger partial charge is 0.0562 e. The van der Waals surface area contributed by atoms with E-state index in [1.165, 1.54) is 0 Å². The Morgan fingerprint density at radius 1 is 0.500 bits per heavy atom. The second kappa shape index (κ2) is 11.2. The number of hydrogen-bond acceptors (Lipinski definition) is 0. The van der Waals surface area contributed by atoms with Crippen molar-refractivity contribution in [2.45, 2.75) is 5.92 Å². The van der Waals surface area contributed by atoms with Crippen molar-refractivity contribution in [3.8, 4) is 23.0 Å². The fourth-order valence-corrected chi connectivity index (χ4v) is 6.65. The largest absolute Gasteiger partial charge is 0.0840 e. The van der Waals surface area contributed by atoms with Gasteiger partial charge in [-0.1, -0.05) is 156 Å². The summed E-state index contributed by atoms with van der Waals surface area (Å²) in [5, 5.41) is 4.20. The summed E-state index contributed by atoms with van der Waals surface area (Å²) in [5.74, 6) is 6.86. The molecule has 0 radical (unpaired) electrons. The minimum atomic E-state index is -0.120. The molecule has 6 aromatic rings. The van der Waals surface area contributed by atoms with E-state index in [0.29, 0.717) is 10.0 Å². The van der Waals surface area contributed by atoms with Gasteiger partial charge >= 0.3 is 0 Å². The predicted molar refractivity (Wildman–Crippen MR) is 179 cm³/mol. The quantitative estimate of drug-likeness (QED) is 0.178. The molecule has 1 aliphatic rings. The number of allylic oxidation sites excluding steroid dienone is 1. The van der Waals surface area contributed by atoms with Gasteiger partial charge in [0.05, 0.1) is 5.02 Å². The van der Waals surface area contributed by atoms with Gasteiger partial charge in [0.2, 0.25) is 0 Å². The molecule has 7 rings (SSSR count). The van der Waals surface area contributed by atoms with Crippen LogP contribution in [0.15, 0.2) is 133 Å². The molecule has 0 saturated carbocycles. The van der Waals surface area contributed by atoms with E-state index in [1.54, 1.807) is 0 Å². The van der Waals surface area contributed by atoms with E-state index in [2.05, 4.69) is 78.6 Å². The summed E-state index contributed by atoms with van der Waals surface area (Å²) in [6.07, 6.45) is 2.33. The fourth-order valence-electron chi connectivity index (χ4n) is 5.98. The SMILES string of the molecule is Clc1ccccc1C#Cc1c2c(c(-c3ccccc3Cl)c3ccccc13)C(c1ccccc1)=CC2c1ccccc1Cl. The molecule has 6 aromatic carbocycles. The third-order valence-electron chi connectivity index (χ3n) is 7.83. The Hall–Kier alpha value is -4.25. The molecule has 0 nitrogen and oxygen atoms in total. The molecule has 0 fully saturated rings. The average molecular weight is 598 g/mol. The van der Waals surface area contributed by atoms with Gasteiger partial charge in [-0.3, -0.25) is 0 Å². The molecule has 1 atom stereocenters. The van der Waals surface area contributed by atoms with Crippen LogP contribution in [0, 0.1) is 11.8 Å². The van der Waals surface area contributed by atoms with Gasteiger partial charge in [-0.15, -0.1) is 0 Å². The fraction of sp³-hybridized carbons (Fsp3) is 0.0256. The van der Waals surface area contributed by atoms with Crippen LogP contribution in [-0.2, 0) is 0 Å². The molecular formula is C39H23Cl3. The predicted octanol–water partition coefficient (Wildman–Crippen LogP) is 11.4. The van der Waals surface area contributed by atoms with Gasteiger partial charge < -0.3 is 0 Å². The molecular weight excluding hydrogens is 575 g/mol. The van der Waals surface area contributed by atoms with Crippen LogP contribution in [0.3, 0.4) is 0 Å². The van der Waals surface area contributed by atoms with Crippen molar-refractivity contribution in [3.05, 3.63) is 182 Å². The molecule has 0 aliphatic heterocycles. The molecule has 0 spiro atoms. The third kappa shape index (κ3) is 4.61. The van der Waals surface area contributed by atoms with E-state index in [9.17, 15) is 0 Å². The maximum Gasteiger partial charge on any atom is 0.0562 e. The number of benzene rings is 6. The van der Waals surface area contributed by atoms with Crippen LogP contribution >= 0.6 is 34.8 Å². The molecule has 0 heterocycles. The highest BCUT2D eigenvalue weighted by Crippen LogP contribution is 2.53. The van der Waals surface area contributed by atoms with Gasteiger partial charge in [0, 0.05) is 32.7 Å². The van der Waals surface area contributed by atoms with Crippen LogP contribution < -0.4 is 0 Å². The van der Waals surface area contributed by atoms with E-state index in [1.807, 2.05) is 66.7 Å². The van der Waals surface area contributed by atoms with E-state index in [0.717, 1.165) is 65.9 Å². The van der Waals surface area contributed by atoms with Gasteiger partial charge in [-0.05, 0) is 68.4 Å². The van der Waals surface area contributed by atoms with E-state index in [-0.39, 0.29) is 5.92 Å². The first-order valence-electron chi connectivity index (χ1n) is 13.7. The summed E-state index contributed by atoms with van der Waals surface area (Å²) < 4.78 is 0. The summed E-state index contributed by atoms with van der Waals surface area (Å²) in [7, 11) is 0. The van der Waals surface area contributed by atoms with E-state index < -0.39 is 0 Å². The average Bonchev–Trinajstić information content (AvgIpc) is 3.41. The lowest BCUT2D eigenvalue weighted by atomic mass is 9.81. The first-order valence-corrected chi connectivity index (χ1v) is 14.9. The van der Waals surface area contributed by atoms with Gasteiger partial charge in [0.15, 0.2) is 0 Å². The lowest BCUT2D eigenvalue weighted by molar-refractivity contribution is 1.05. The molecule has 42 heavy (non-hydrogen) atoms. The minimum Gasteiger partial charge on any atom is -0.0840 e. The number of halogens is 3. The second-order valence-corrected chi connectivity index (χ2v) is 11.5. The Balaban J connectivity index is 1.66. The van der Waals surface area contributed by atoms with E-state index in [4.69, 9.17) is 34.8 Å². The highest BCUT2D eigenvalue weighted by Gasteiger charge is 2.34. The van der Waals surface area contributed by atoms with Crippen LogP contribution in [-0.4, -0.2) is 0 Å². The van der Waals surface area contributed by atoms with Crippen LogP contribution in [0.2, 0.25) is 15.1 Å². The highest BCUT2D eigenvalue weighted by molar-refractivity contribution is 6.34. The molecule has 200 valence electrons. The van der Waals surface area contributed by atoms with Gasteiger partial charge in [0.25, 0.3) is 0 Å². The van der Waals surface area contributed by atoms with Gasteiger partial charge in [-0.2, -0.15) is 0 Å². The van der Waals surface area contributed by atoms with Crippen LogP contribution in [0.25, 0.3) is 27.5 Å². The maximum absolute atomic E-state index is 6.95. The molecule has 1 aliphatic carbocycles. The van der Waals surface area contributed by atoms with Crippen LogP contribution in [0.5, 0.6) is 0 Å². The number of hydrogen-bond donors (Lipinski definition) is 0. The summed E-state index contributed by atoms with van der Waals surface area (Å²) in [4.78, 5) is 0. The Bertz CT molecular complexity index is 2080. The Kier molecular flexibility index (Phi) is 7.10. The summed E-state index contributed by atoms with van der Waals surface area (Å²) in [6, 6.07) is 42.8. The van der Waals surface area contributed by atoms with E-state index >= 15 is 0 Å². The molecule has 1 unspecified atom stereocenters. The Morgan fingerprint density at radius 3 is 1.86 bits per heavy atom. The summed E-state index contributed by atoms with van der Waals surface area (Å²) in [6.45, 7) is 0. The monoisotopic (exact) mass is 596 g/mol. The third-order valence-corrected chi connectivity index (χ3v) is 8.84. The standard InChI is InChI=1S/C39H23Cl3/c40-34-19-9-4-14-26(34)22-23-30-27-15-5-6-17-29(27)37(31-18-8-11-21-36(31)42)39-32(25-12-2-1-3-13-25)24-33(38(30)39)28-16-7-10-20-35(28)41/h1-21,24,33H. The van der Waals surface area contributed by atoms with Crippen molar-refractivity contribution in [2.24, 2.45) is 0 Å². The second-order valence-electron chi connectivity index (χ2n) is 10.2. The van der Waals surface area contributed by atoms with Crippen molar-refractivity contribution < 1.29 is 0 Å². The Labute approximate surface area is 260 Å². The summed E-state index contributed by atoms with van der Waals surface area (Å²) in [5.41, 5.74) is 9.38. The van der Waals surface area contributed by atoms with Gasteiger partial charge in [0.1, 0.15) is 0 Å². The first kappa shape index (κ1) is 26.6. The molecule has 0 bridgehead atoms. The molecule has 0 aromatic heterocycles. The molecule has 0 amide bonds. The van der Waals surface area contributed by atoms with Crippen LogP contribution in [0.4, 0.5) is 0 Å². The first-order chi connectivity index (χ1) is 20.6. The zero-order valence-corrected chi connectivity index (χ0v) is 24.7. The highest BCUT2D eigenvalue weighted by atomic mass is 35.5. The number of fused-ring (bicyclic) bond motifs is 2. The van der Waals surface area contributed by atoms with Crippen molar-refractivity contribution >= 4 is 51.1 Å². The van der Waals surface area contributed by atoms with Crippen molar-refractivity contribution in [1.82, 2.24) is 0 Å². The zero-order valence-electron chi connectivity index (χ0n) is 22.4. The van der Waals surface area contributed by atoms with Crippen molar-refractivity contribution in [3.63, 3.8) is 0 Å². The number of rotatable bonds is 3. The lowest BCUT2D eigenvalue weighted by Crippen LogP contribution is -2.04. The molecule has 0 N–H and O–H groups in total.